The molecule has 4 N–H and O–H groups in total. The number of rotatable bonds is 15. The zero-order chi connectivity index (χ0) is 33.2. The summed E-state index contributed by atoms with van der Waals surface area (Å²) in [5, 5.41) is 26.5. The molecule has 0 heterocycles. The largest absolute Gasteiger partial charge is 0.508 e. The molecule has 0 saturated heterocycles. The Kier molecular flexibility index (Phi) is 12.9. The van der Waals surface area contributed by atoms with E-state index >= 15 is 0 Å². The molecular formula is C36H50N2O6Si. The number of hydrogen-bond donors (Lipinski definition) is 4. The van der Waals surface area contributed by atoms with Gasteiger partial charge in [0.1, 0.15) is 5.75 Å². The number of amides is 1. The Bertz CT molecular complexity index is 1420. The lowest BCUT2D eigenvalue weighted by Crippen LogP contribution is -2.44. The Morgan fingerprint density at radius 2 is 1.64 bits per heavy atom. The van der Waals surface area contributed by atoms with E-state index in [0.717, 1.165) is 28.7 Å². The highest BCUT2D eigenvalue weighted by molar-refractivity contribution is 6.74. The number of nitrogens with one attached hydrogen (secondary N) is 2. The summed E-state index contributed by atoms with van der Waals surface area (Å²) in [7, 11) is -2.12. The molecule has 0 aromatic heterocycles. The first-order valence-electron chi connectivity index (χ1n) is 15.7. The summed E-state index contributed by atoms with van der Waals surface area (Å²) < 4.78 is 11.8. The van der Waals surface area contributed by atoms with Gasteiger partial charge in [-0.15, -0.1) is 0 Å². The first-order chi connectivity index (χ1) is 21.2. The molecule has 9 heteroatoms. The van der Waals surface area contributed by atoms with E-state index in [-0.39, 0.29) is 47.8 Å². The minimum Gasteiger partial charge on any atom is -0.508 e. The second kappa shape index (κ2) is 16.2. The van der Waals surface area contributed by atoms with Gasteiger partial charge in [0.15, 0.2) is 8.32 Å². The van der Waals surface area contributed by atoms with Crippen LogP contribution in [0.15, 0.2) is 66.7 Å². The highest BCUT2D eigenvalue weighted by atomic mass is 28.4. The number of ether oxygens (including phenoxy) is 1. The van der Waals surface area contributed by atoms with Crippen molar-refractivity contribution >= 4 is 20.2 Å². The summed E-state index contributed by atoms with van der Waals surface area (Å²) in [5.41, 5.74) is 4.86. The molecule has 0 aliphatic rings. The van der Waals surface area contributed by atoms with Crippen LogP contribution < -0.4 is 10.6 Å². The molecule has 0 unspecified atom stereocenters. The maximum Gasteiger partial charge on any atom is 0.338 e. The lowest BCUT2D eigenvalue weighted by atomic mass is 10.0. The van der Waals surface area contributed by atoms with E-state index in [0.29, 0.717) is 30.8 Å². The van der Waals surface area contributed by atoms with Crippen molar-refractivity contribution in [1.29, 1.82) is 0 Å². The minimum absolute atomic E-state index is 0.0229. The Morgan fingerprint density at radius 3 is 2.29 bits per heavy atom. The monoisotopic (exact) mass is 634 g/mol. The van der Waals surface area contributed by atoms with Crippen LogP contribution in [0, 0.1) is 0 Å². The first kappa shape index (κ1) is 36.0. The van der Waals surface area contributed by atoms with E-state index in [1.165, 1.54) is 0 Å². The summed E-state index contributed by atoms with van der Waals surface area (Å²) in [4.78, 5) is 24.5. The number of esters is 1. The van der Waals surface area contributed by atoms with Crippen molar-refractivity contribution < 1.29 is 29.0 Å². The van der Waals surface area contributed by atoms with Gasteiger partial charge in [-0.1, -0.05) is 63.2 Å². The third-order valence-electron chi connectivity index (χ3n) is 8.39. The van der Waals surface area contributed by atoms with Gasteiger partial charge in [-0.2, -0.15) is 0 Å². The molecule has 8 nitrogen and oxygen atoms in total. The van der Waals surface area contributed by atoms with Gasteiger partial charge in [0, 0.05) is 24.7 Å². The molecule has 2 atom stereocenters. The Balaban J connectivity index is 1.58. The topological polar surface area (TPSA) is 117 Å². The van der Waals surface area contributed by atoms with E-state index in [4.69, 9.17) is 9.16 Å². The second-order valence-electron chi connectivity index (χ2n) is 13.1. The van der Waals surface area contributed by atoms with Gasteiger partial charge < -0.3 is 30.0 Å². The fourth-order valence-electron chi connectivity index (χ4n) is 4.71. The zero-order valence-corrected chi connectivity index (χ0v) is 28.8. The maximum absolute atomic E-state index is 12.7. The smallest absolute Gasteiger partial charge is 0.338 e. The van der Waals surface area contributed by atoms with Crippen molar-refractivity contribution in [2.75, 3.05) is 13.2 Å². The Morgan fingerprint density at radius 1 is 0.956 bits per heavy atom. The van der Waals surface area contributed by atoms with Crippen LogP contribution in [0.1, 0.15) is 78.9 Å². The van der Waals surface area contributed by atoms with Crippen molar-refractivity contribution in [2.45, 2.75) is 90.9 Å². The average Bonchev–Trinajstić information content (AvgIpc) is 2.98. The molecule has 0 aliphatic heterocycles. The van der Waals surface area contributed by atoms with Crippen molar-refractivity contribution in [3.05, 3.63) is 100 Å². The highest BCUT2D eigenvalue weighted by Gasteiger charge is 2.39. The predicted octanol–water partition coefficient (Wildman–Crippen LogP) is 6.20. The number of carbonyl (C=O) groups excluding carboxylic acids is 2. The van der Waals surface area contributed by atoms with Gasteiger partial charge in [-0.25, -0.2) is 4.79 Å². The number of aromatic hydroxyl groups is 1. The molecule has 3 aromatic carbocycles. The molecule has 3 aromatic rings. The van der Waals surface area contributed by atoms with Crippen LogP contribution >= 0.6 is 0 Å². The molecule has 3 rings (SSSR count). The molecule has 45 heavy (non-hydrogen) atoms. The molecule has 0 fully saturated rings. The molecule has 0 bridgehead atoms. The van der Waals surface area contributed by atoms with Crippen LogP contribution in [0.2, 0.25) is 18.1 Å². The standard InChI is InChI=1S/C36H50N2O6Si/c1-8-43-35(42)29-14-12-26(13-15-29)22-38-34(41)20-28-11-9-10-27(19-28)18-25(2)37-23-33(44-45(6,7)36(3,4)5)30-16-17-32(40)31(21-30)24-39/h9-17,19,21,25,33,37,39-40H,8,18,20,22-24H2,1-7H3,(H,38,41)/t25-,33+/m1/s1. The van der Waals surface area contributed by atoms with Gasteiger partial charge in [0.05, 0.1) is 31.3 Å². The first-order valence-corrected chi connectivity index (χ1v) is 18.6. The minimum atomic E-state index is -2.12. The third-order valence-corrected chi connectivity index (χ3v) is 12.9. The molecule has 0 spiro atoms. The lowest BCUT2D eigenvalue weighted by Gasteiger charge is -2.40. The molecule has 1 amide bonds. The Labute approximate surface area is 269 Å². The van der Waals surface area contributed by atoms with E-state index in [9.17, 15) is 19.8 Å². The quantitative estimate of drug-likeness (QED) is 0.116. The van der Waals surface area contributed by atoms with E-state index in [1.54, 1.807) is 25.1 Å². The zero-order valence-electron chi connectivity index (χ0n) is 27.8. The van der Waals surface area contributed by atoms with E-state index in [1.807, 2.05) is 36.4 Å². The van der Waals surface area contributed by atoms with E-state index < -0.39 is 8.32 Å². The SMILES string of the molecule is CCOC(=O)c1ccc(CNC(=O)Cc2cccc(C[C@@H](C)NC[C@H](O[Si](C)(C)C(C)(C)C)c3ccc(O)c(CO)c3)c2)cc1. The van der Waals surface area contributed by atoms with Crippen molar-refractivity contribution in [3.63, 3.8) is 0 Å². The van der Waals surface area contributed by atoms with E-state index in [2.05, 4.69) is 63.6 Å². The fraction of sp³-hybridized carbons (Fsp3) is 0.444. The maximum atomic E-state index is 12.7. The van der Waals surface area contributed by atoms with Gasteiger partial charge in [-0.05, 0) is 84.9 Å². The summed E-state index contributed by atoms with van der Waals surface area (Å²) in [6.45, 7) is 16.0. The van der Waals surface area contributed by atoms with Crippen molar-refractivity contribution in [2.24, 2.45) is 0 Å². The second-order valence-corrected chi connectivity index (χ2v) is 17.9. The van der Waals surface area contributed by atoms with Crippen molar-refractivity contribution in [1.82, 2.24) is 10.6 Å². The average molecular weight is 635 g/mol. The molecule has 244 valence electrons. The summed E-state index contributed by atoms with van der Waals surface area (Å²) in [5.74, 6) is -0.354. The number of carbonyl (C=O) groups is 2. The number of aliphatic hydroxyl groups is 1. The van der Waals surface area contributed by atoms with Crippen molar-refractivity contribution in [3.8, 4) is 5.75 Å². The normalized spacial score (nSPS) is 13.2. The molecule has 0 radical (unpaired) electrons. The summed E-state index contributed by atoms with van der Waals surface area (Å²) in [6.07, 6.45) is 0.801. The number of aliphatic hydroxyl groups excluding tert-OH is 1. The van der Waals surface area contributed by atoms with Crippen LogP contribution in [0.5, 0.6) is 5.75 Å². The van der Waals surface area contributed by atoms with Crippen LogP contribution in [0.25, 0.3) is 0 Å². The van der Waals surface area contributed by atoms with Gasteiger partial charge >= 0.3 is 5.97 Å². The van der Waals surface area contributed by atoms with Crippen LogP contribution in [0.4, 0.5) is 0 Å². The van der Waals surface area contributed by atoms with Crippen LogP contribution in [0.3, 0.4) is 0 Å². The van der Waals surface area contributed by atoms with Gasteiger partial charge in [-0.3, -0.25) is 4.79 Å². The molecule has 0 saturated carbocycles. The molecular weight excluding hydrogens is 584 g/mol. The predicted molar refractivity (Wildman–Crippen MR) is 181 cm³/mol. The van der Waals surface area contributed by atoms with Gasteiger partial charge in [0.25, 0.3) is 0 Å². The third kappa shape index (κ3) is 10.8. The number of hydrogen-bond acceptors (Lipinski definition) is 7. The molecule has 0 aliphatic carbocycles. The summed E-state index contributed by atoms with van der Waals surface area (Å²) >= 11 is 0. The lowest BCUT2D eigenvalue weighted by molar-refractivity contribution is -0.120. The summed E-state index contributed by atoms with van der Waals surface area (Å²) in [6, 6.07) is 20.6. The van der Waals surface area contributed by atoms with Gasteiger partial charge in [0.2, 0.25) is 5.91 Å². The Hall–Kier alpha value is -3.50. The number of benzene rings is 3. The van der Waals surface area contributed by atoms with Crippen LogP contribution in [-0.4, -0.2) is 49.6 Å². The number of phenols is 1. The fourth-order valence-corrected chi connectivity index (χ4v) is 6.00. The van der Waals surface area contributed by atoms with Crippen LogP contribution in [-0.2, 0) is 40.0 Å². The highest BCUT2D eigenvalue weighted by Crippen LogP contribution is 2.40.